The molecule has 2 amide bonds. The Bertz CT molecular complexity index is 353. The summed E-state index contributed by atoms with van der Waals surface area (Å²) >= 11 is 0. The number of hydrogen-bond acceptors (Lipinski definition) is 4. The molecule has 0 aromatic heterocycles. The minimum absolute atomic E-state index is 0.0540. The lowest BCUT2D eigenvalue weighted by atomic mass is 9.99. The molecule has 2 heterocycles. The average molecular weight is 282 g/mol. The highest BCUT2D eigenvalue weighted by molar-refractivity contribution is 5.80. The summed E-state index contributed by atoms with van der Waals surface area (Å²) in [5, 5.41) is 9.12. The minimum Gasteiger partial charge on any atom is -0.358 e. The van der Waals surface area contributed by atoms with Crippen molar-refractivity contribution in [2.45, 2.75) is 38.3 Å². The van der Waals surface area contributed by atoms with Crippen LogP contribution in [-0.4, -0.2) is 62.0 Å². The minimum atomic E-state index is 0.0540. The number of nitrogens with one attached hydrogen (secondary N) is 3. The normalized spacial score (nSPS) is 28.3. The zero-order valence-electron chi connectivity index (χ0n) is 12.4. The SMILES string of the molecule is CNC(=O)CN1CCC(NC(=O)C2CCNC2C)CC1. The molecule has 2 rings (SSSR count). The van der Waals surface area contributed by atoms with E-state index in [4.69, 9.17) is 0 Å². The summed E-state index contributed by atoms with van der Waals surface area (Å²) in [6.07, 6.45) is 2.79. The topological polar surface area (TPSA) is 73.5 Å². The number of carbonyl (C=O) groups is 2. The van der Waals surface area contributed by atoms with Gasteiger partial charge in [-0.15, -0.1) is 0 Å². The first kappa shape index (κ1) is 15.3. The Hall–Kier alpha value is -1.14. The van der Waals surface area contributed by atoms with E-state index in [0.29, 0.717) is 6.54 Å². The Kier molecular flexibility index (Phi) is 5.37. The van der Waals surface area contributed by atoms with E-state index < -0.39 is 0 Å². The predicted octanol–water partition coefficient (Wildman–Crippen LogP) is -0.689. The van der Waals surface area contributed by atoms with Crippen molar-refractivity contribution >= 4 is 11.8 Å². The van der Waals surface area contributed by atoms with E-state index in [1.54, 1.807) is 7.05 Å². The van der Waals surface area contributed by atoms with Crippen molar-refractivity contribution in [3.8, 4) is 0 Å². The molecule has 2 aliphatic rings. The molecule has 114 valence electrons. The molecule has 0 radical (unpaired) electrons. The summed E-state index contributed by atoms with van der Waals surface area (Å²) in [4.78, 5) is 25.7. The molecule has 2 aliphatic heterocycles. The Morgan fingerprint density at radius 2 is 1.95 bits per heavy atom. The maximum atomic E-state index is 12.2. The van der Waals surface area contributed by atoms with Gasteiger partial charge in [0.25, 0.3) is 0 Å². The number of piperidine rings is 1. The van der Waals surface area contributed by atoms with E-state index in [9.17, 15) is 9.59 Å². The molecular formula is C14H26N4O2. The van der Waals surface area contributed by atoms with E-state index >= 15 is 0 Å². The first-order valence-corrected chi connectivity index (χ1v) is 7.57. The average Bonchev–Trinajstić information content (AvgIpc) is 2.87. The first-order chi connectivity index (χ1) is 9.60. The molecule has 2 atom stereocenters. The van der Waals surface area contributed by atoms with E-state index in [1.165, 1.54) is 0 Å². The molecular weight excluding hydrogens is 256 g/mol. The highest BCUT2D eigenvalue weighted by Crippen LogP contribution is 2.17. The lowest BCUT2D eigenvalue weighted by Crippen LogP contribution is -2.49. The summed E-state index contributed by atoms with van der Waals surface area (Å²) in [7, 11) is 1.66. The third kappa shape index (κ3) is 3.93. The molecule has 0 aromatic rings. The van der Waals surface area contributed by atoms with E-state index in [0.717, 1.165) is 38.9 Å². The molecule has 0 spiro atoms. The van der Waals surface area contributed by atoms with Gasteiger partial charge in [-0.2, -0.15) is 0 Å². The van der Waals surface area contributed by atoms with Crippen molar-refractivity contribution in [1.29, 1.82) is 0 Å². The second-order valence-corrected chi connectivity index (χ2v) is 5.87. The second-order valence-electron chi connectivity index (χ2n) is 5.87. The van der Waals surface area contributed by atoms with Crippen LogP contribution in [0.3, 0.4) is 0 Å². The fourth-order valence-electron chi connectivity index (χ4n) is 3.04. The molecule has 0 aromatic carbocycles. The molecule has 3 N–H and O–H groups in total. The summed E-state index contributed by atoms with van der Waals surface area (Å²) < 4.78 is 0. The van der Waals surface area contributed by atoms with Crippen molar-refractivity contribution in [2.75, 3.05) is 33.2 Å². The Morgan fingerprint density at radius 3 is 2.50 bits per heavy atom. The van der Waals surface area contributed by atoms with Gasteiger partial charge in [-0.1, -0.05) is 0 Å². The maximum absolute atomic E-state index is 12.2. The molecule has 0 bridgehead atoms. The van der Waals surface area contributed by atoms with E-state index in [1.807, 2.05) is 0 Å². The largest absolute Gasteiger partial charge is 0.358 e. The zero-order valence-corrected chi connectivity index (χ0v) is 12.4. The molecule has 6 heteroatoms. The van der Waals surface area contributed by atoms with Gasteiger partial charge in [0.15, 0.2) is 0 Å². The molecule has 2 fully saturated rings. The number of hydrogen-bond donors (Lipinski definition) is 3. The van der Waals surface area contributed by atoms with Crippen molar-refractivity contribution in [3.63, 3.8) is 0 Å². The highest BCUT2D eigenvalue weighted by Gasteiger charge is 2.31. The molecule has 2 saturated heterocycles. The lowest BCUT2D eigenvalue weighted by Gasteiger charge is -2.32. The summed E-state index contributed by atoms with van der Waals surface area (Å²) in [5.41, 5.74) is 0. The number of amides is 2. The zero-order chi connectivity index (χ0) is 14.5. The lowest BCUT2D eigenvalue weighted by molar-refractivity contribution is -0.126. The van der Waals surface area contributed by atoms with Gasteiger partial charge in [0.1, 0.15) is 0 Å². The predicted molar refractivity (Wildman–Crippen MR) is 77.2 cm³/mol. The van der Waals surface area contributed by atoms with Crippen LogP contribution >= 0.6 is 0 Å². The van der Waals surface area contributed by atoms with Crippen LogP contribution in [0.5, 0.6) is 0 Å². The van der Waals surface area contributed by atoms with E-state index in [-0.39, 0.29) is 29.8 Å². The van der Waals surface area contributed by atoms with Crippen LogP contribution in [0.25, 0.3) is 0 Å². The van der Waals surface area contributed by atoms with Crippen molar-refractivity contribution in [1.82, 2.24) is 20.9 Å². The van der Waals surface area contributed by atoms with Crippen LogP contribution in [0.4, 0.5) is 0 Å². The van der Waals surface area contributed by atoms with Crippen molar-refractivity contribution in [3.05, 3.63) is 0 Å². The van der Waals surface area contributed by atoms with Crippen molar-refractivity contribution in [2.24, 2.45) is 5.92 Å². The van der Waals surface area contributed by atoms with Crippen LogP contribution in [0.2, 0.25) is 0 Å². The monoisotopic (exact) mass is 282 g/mol. The molecule has 2 unspecified atom stereocenters. The third-order valence-electron chi connectivity index (χ3n) is 4.44. The quantitative estimate of drug-likeness (QED) is 0.638. The van der Waals surface area contributed by atoms with Crippen molar-refractivity contribution < 1.29 is 9.59 Å². The van der Waals surface area contributed by atoms with Gasteiger partial charge in [-0.25, -0.2) is 0 Å². The standard InChI is InChI=1S/C14H26N4O2/c1-10-12(3-6-16-10)14(20)17-11-4-7-18(8-5-11)9-13(19)15-2/h10-12,16H,3-9H2,1-2H3,(H,15,19)(H,17,20). The number of likely N-dealkylation sites (N-methyl/N-ethyl adjacent to an activating group) is 1. The Morgan fingerprint density at radius 1 is 1.25 bits per heavy atom. The van der Waals surface area contributed by atoms with Crippen LogP contribution in [0.15, 0.2) is 0 Å². The molecule has 0 saturated carbocycles. The van der Waals surface area contributed by atoms with Gasteiger partial charge >= 0.3 is 0 Å². The summed E-state index contributed by atoms with van der Waals surface area (Å²) in [5.74, 6) is 0.351. The number of rotatable bonds is 4. The van der Waals surface area contributed by atoms with Gasteiger partial charge in [0, 0.05) is 32.2 Å². The Balaban J connectivity index is 1.71. The van der Waals surface area contributed by atoms with Crippen LogP contribution in [-0.2, 0) is 9.59 Å². The summed E-state index contributed by atoms with van der Waals surface area (Å²) in [6, 6.07) is 0.541. The number of likely N-dealkylation sites (tertiary alicyclic amines) is 1. The van der Waals surface area contributed by atoms with E-state index in [2.05, 4.69) is 27.8 Å². The van der Waals surface area contributed by atoms with Gasteiger partial charge in [-0.05, 0) is 32.7 Å². The maximum Gasteiger partial charge on any atom is 0.233 e. The number of nitrogens with zero attached hydrogens (tertiary/aromatic N) is 1. The smallest absolute Gasteiger partial charge is 0.233 e. The van der Waals surface area contributed by atoms with Gasteiger partial charge in [-0.3, -0.25) is 14.5 Å². The van der Waals surface area contributed by atoms with Crippen LogP contribution < -0.4 is 16.0 Å². The summed E-state index contributed by atoms with van der Waals surface area (Å²) in [6.45, 7) is 5.21. The van der Waals surface area contributed by atoms with Gasteiger partial charge < -0.3 is 16.0 Å². The molecule has 0 aliphatic carbocycles. The second kappa shape index (κ2) is 7.04. The van der Waals surface area contributed by atoms with Crippen LogP contribution in [0, 0.1) is 5.92 Å². The van der Waals surface area contributed by atoms with Gasteiger partial charge in [0.05, 0.1) is 12.5 Å². The molecule has 6 nitrogen and oxygen atoms in total. The molecule has 20 heavy (non-hydrogen) atoms. The highest BCUT2D eigenvalue weighted by atomic mass is 16.2. The van der Waals surface area contributed by atoms with Gasteiger partial charge in [0.2, 0.25) is 11.8 Å². The first-order valence-electron chi connectivity index (χ1n) is 7.57. The third-order valence-corrected chi connectivity index (χ3v) is 4.44. The fourth-order valence-corrected chi connectivity index (χ4v) is 3.04. The fraction of sp³-hybridized carbons (Fsp3) is 0.857. The Labute approximate surface area is 120 Å². The van der Waals surface area contributed by atoms with Crippen LogP contribution in [0.1, 0.15) is 26.2 Å². The number of carbonyl (C=O) groups excluding carboxylic acids is 2.